The van der Waals surface area contributed by atoms with Crippen LogP contribution in [0.2, 0.25) is 0 Å². The zero-order valence-electron chi connectivity index (χ0n) is 10.3. The zero-order chi connectivity index (χ0) is 12.3. The molecule has 0 spiro atoms. The van der Waals surface area contributed by atoms with E-state index in [-0.39, 0.29) is 0 Å². The molecule has 3 nitrogen and oxygen atoms in total. The van der Waals surface area contributed by atoms with E-state index in [0.29, 0.717) is 16.2 Å². The van der Waals surface area contributed by atoms with Crippen LogP contribution in [0.3, 0.4) is 0 Å². The number of hydrogen-bond donors (Lipinski definition) is 0. The third kappa shape index (κ3) is 8.31. The first-order valence-electron chi connectivity index (χ1n) is 5.21. The Hall–Kier alpha value is -0.298. The van der Waals surface area contributed by atoms with Crippen molar-refractivity contribution >= 4 is 22.5 Å². The number of carbonyl (C=O) groups is 1. The molecule has 0 saturated carbocycles. The zero-order valence-corrected chi connectivity index (χ0v) is 10.7. The van der Waals surface area contributed by atoms with Crippen LogP contribution < -0.4 is 0 Å². The van der Waals surface area contributed by atoms with Crippen LogP contribution in [0.4, 0.5) is 0 Å². The third-order valence-electron chi connectivity index (χ3n) is 2.22. The van der Waals surface area contributed by atoms with E-state index < -0.39 is 6.26 Å². The molecule has 1 aliphatic heterocycles. The summed E-state index contributed by atoms with van der Waals surface area (Å²) in [5.41, 5.74) is 0. The van der Waals surface area contributed by atoms with Gasteiger partial charge in [-0.3, -0.25) is 0 Å². The maximum atomic E-state index is 9.11. The molecule has 14 heavy (non-hydrogen) atoms. The molecule has 80 valence electrons. The predicted octanol–water partition coefficient (Wildman–Crippen LogP) is 0.851. The summed E-state index contributed by atoms with van der Waals surface area (Å²) < 4.78 is 15.4. The third-order valence-corrected chi connectivity index (χ3v) is 2.22. The molecule has 0 N–H and O–H groups in total. The fourth-order valence-electron chi connectivity index (χ4n) is 1.59. The van der Waals surface area contributed by atoms with Gasteiger partial charge in [-0.2, -0.15) is 0 Å². The minimum absolute atomic E-state index is 0.583. The molecule has 4 heteroatoms. The standard InChI is InChI=1S/C8H16N.C2H4O.Al.O.H/c1-3-6-9(2)7-4-5-8-9;1-2-3;;;/h3H,1,4-8H2,2H3;2H,1H3;;;/q+1;;;;/i;2D;;;. The number of likely N-dealkylation sites (tertiary alicyclic amines) is 1. The fourth-order valence-corrected chi connectivity index (χ4v) is 1.59. The Labute approximate surface area is 96.4 Å². The molecular weight excluding hydrogens is 193 g/mol. The van der Waals surface area contributed by atoms with Gasteiger partial charge in [0.2, 0.25) is 0 Å². The fraction of sp³-hybridized carbons (Fsp3) is 0.700. The van der Waals surface area contributed by atoms with Gasteiger partial charge in [-0.25, -0.2) is 0 Å². The summed E-state index contributed by atoms with van der Waals surface area (Å²) in [5.74, 6) is 0. The van der Waals surface area contributed by atoms with Crippen LogP contribution >= 0.6 is 0 Å². The average Bonchev–Trinajstić information content (AvgIpc) is 2.55. The number of quaternary nitrogens is 1. The Morgan fingerprint density at radius 2 is 1.86 bits per heavy atom. The van der Waals surface area contributed by atoms with Gasteiger partial charge in [0, 0.05) is 12.8 Å². The molecule has 0 amide bonds. The van der Waals surface area contributed by atoms with Crippen LogP contribution in [0.15, 0.2) is 12.7 Å². The van der Waals surface area contributed by atoms with Gasteiger partial charge in [0.05, 0.1) is 26.7 Å². The van der Waals surface area contributed by atoms with E-state index in [9.17, 15) is 0 Å². The Kier molecular flexibility index (Phi) is 10.6. The first-order valence-corrected chi connectivity index (χ1v) is 5.28. The molecule has 0 unspecified atom stereocenters. The van der Waals surface area contributed by atoms with Crippen molar-refractivity contribution in [3.8, 4) is 0 Å². The van der Waals surface area contributed by atoms with Gasteiger partial charge >= 0.3 is 20.0 Å². The Balaban J connectivity index is 0. The maximum absolute atomic E-state index is 9.11. The molecule has 0 atom stereocenters. The Morgan fingerprint density at radius 1 is 1.50 bits per heavy atom. The van der Waals surface area contributed by atoms with Crippen LogP contribution in [0.5, 0.6) is 0 Å². The molecule has 1 fully saturated rings. The number of aldehydes is 1. The molecule has 0 aromatic carbocycles. The van der Waals surface area contributed by atoms with Gasteiger partial charge in [-0.05, 0) is 13.0 Å². The number of likely N-dealkylation sites (N-methyl/N-ethyl adjacent to an activating group) is 1. The van der Waals surface area contributed by atoms with E-state index in [0.717, 1.165) is 6.54 Å². The molecule has 0 aliphatic carbocycles. The quantitative estimate of drug-likeness (QED) is 0.296. The summed E-state index contributed by atoms with van der Waals surface area (Å²) in [7, 11) is 2.31. The second kappa shape index (κ2) is 10.8. The van der Waals surface area contributed by atoms with Gasteiger partial charge in [0.1, 0.15) is 7.63 Å². The van der Waals surface area contributed by atoms with E-state index in [1.807, 2.05) is 6.08 Å². The van der Waals surface area contributed by atoms with E-state index in [1.54, 1.807) is 0 Å². The second-order valence-corrected chi connectivity index (χ2v) is 3.45. The summed E-state index contributed by atoms with van der Waals surface area (Å²) in [6.07, 6.45) is 4.26. The van der Waals surface area contributed by atoms with Gasteiger partial charge in [0.25, 0.3) is 0 Å². The van der Waals surface area contributed by atoms with Crippen LogP contribution in [-0.2, 0) is 8.60 Å². The normalized spacial score (nSPS) is 17.6. The summed E-state index contributed by atoms with van der Waals surface area (Å²) in [5, 5.41) is 0. The van der Waals surface area contributed by atoms with Crippen LogP contribution in [0.1, 0.15) is 21.1 Å². The van der Waals surface area contributed by atoms with Crippen molar-refractivity contribution in [1.82, 2.24) is 0 Å². The molecule has 0 aromatic rings. The molecule has 1 heterocycles. The van der Waals surface area contributed by atoms with Crippen LogP contribution in [-0.4, -0.2) is 53.7 Å². The van der Waals surface area contributed by atoms with Crippen molar-refractivity contribution < 1.29 is 14.5 Å². The number of rotatable bonds is 2. The van der Waals surface area contributed by atoms with Gasteiger partial charge in [-0.15, -0.1) is 0 Å². The molecular formula is C10H21AlNO2+. The van der Waals surface area contributed by atoms with Crippen molar-refractivity contribution in [2.24, 2.45) is 0 Å². The van der Waals surface area contributed by atoms with Crippen molar-refractivity contribution in [2.45, 2.75) is 19.8 Å². The minimum atomic E-state index is -0.583. The molecule has 1 aliphatic rings. The second-order valence-electron chi connectivity index (χ2n) is 3.45. The van der Waals surface area contributed by atoms with E-state index in [4.69, 9.17) is 9.97 Å². The predicted molar refractivity (Wildman–Crippen MR) is 59.8 cm³/mol. The van der Waals surface area contributed by atoms with E-state index >= 15 is 0 Å². The van der Waals surface area contributed by atoms with Crippen LogP contribution in [0.25, 0.3) is 0 Å². The first kappa shape index (κ1) is 13.7. The van der Waals surface area contributed by atoms with Crippen molar-refractivity contribution in [1.29, 1.82) is 0 Å². The number of hydrogen-bond acceptors (Lipinski definition) is 2. The molecule has 0 aromatic heterocycles. The van der Waals surface area contributed by atoms with Crippen molar-refractivity contribution in [3.63, 3.8) is 0 Å². The van der Waals surface area contributed by atoms with Gasteiger partial charge in [0.15, 0.2) is 0 Å². The average molecular weight is 215 g/mol. The van der Waals surface area contributed by atoms with Crippen molar-refractivity contribution in [3.05, 3.63) is 12.7 Å². The number of carbonyl (C=O) groups excluding carboxylic acids is 1. The Bertz CT molecular complexity index is 190. The summed E-state index contributed by atoms with van der Waals surface area (Å²) in [4.78, 5) is 9.11. The SMILES string of the molecule is C=CC[N+]1(C)CCCC1.[2H]C(C)=O.[O]=[AlH]. The summed E-state index contributed by atoms with van der Waals surface area (Å²) in [6, 6.07) is 0. The number of nitrogens with zero attached hydrogens (tertiary/aromatic N) is 1. The molecule has 0 bridgehead atoms. The van der Waals surface area contributed by atoms with E-state index in [2.05, 4.69) is 13.6 Å². The van der Waals surface area contributed by atoms with Crippen LogP contribution in [0, 0.1) is 0 Å². The topological polar surface area (TPSA) is 34.1 Å². The van der Waals surface area contributed by atoms with E-state index in [1.165, 1.54) is 37.3 Å². The van der Waals surface area contributed by atoms with Crippen molar-refractivity contribution in [2.75, 3.05) is 26.7 Å². The Morgan fingerprint density at radius 3 is 2.14 bits per heavy atom. The van der Waals surface area contributed by atoms with Gasteiger partial charge < -0.3 is 9.28 Å². The van der Waals surface area contributed by atoms with Gasteiger partial charge in [-0.1, -0.05) is 6.58 Å². The monoisotopic (exact) mass is 215 g/mol. The summed E-state index contributed by atoms with van der Waals surface area (Å²) >= 11 is 0.611. The molecule has 0 radical (unpaired) electrons. The molecule has 1 saturated heterocycles. The summed E-state index contributed by atoms with van der Waals surface area (Å²) in [6.45, 7) is 8.81. The first-order chi connectivity index (χ1) is 7.00. The molecule has 1 rings (SSSR count).